The van der Waals surface area contributed by atoms with Crippen molar-refractivity contribution < 1.29 is 23.5 Å². The predicted molar refractivity (Wildman–Crippen MR) is 113 cm³/mol. The van der Waals surface area contributed by atoms with E-state index < -0.39 is 23.7 Å². The second-order valence-corrected chi connectivity index (χ2v) is 7.20. The molecule has 1 unspecified atom stereocenters. The van der Waals surface area contributed by atoms with Crippen LogP contribution in [0.15, 0.2) is 47.6 Å². The van der Waals surface area contributed by atoms with Gasteiger partial charge in [0.25, 0.3) is 11.8 Å². The van der Waals surface area contributed by atoms with Gasteiger partial charge in [-0.25, -0.2) is 9.40 Å². The van der Waals surface area contributed by atoms with Gasteiger partial charge in [0, 0.05) is 12.8 Å². The number of aryl methyl sites for hydroxylation is 2. The number of hydrogen-bond donors (Lipinski definition) is 2. The van der Waals surface area contributed by atoms with Crippen LogP contribution in [-0.4, -0.2) is 29.5 Å². The number of hydrogen-bond acceptors (Lipinski definition) is 5. The highest BCUT2D eigenvalue weighted by Crippen LogP contribution is 2.25. The van der Waals surface area contributed by atoms with Crippen LogP contribution in [0.2, 0.25) is 0 Å². The number of carbonyl (C=O) groups excluding carboxylic acids is 3. The lowest BCUT2D eigenvalue weighted by atomic mass is 10.1. The first-order valence-corrected chi connectivity index (χ1v) is 9.74. The summed E-state index contributed by atoms with van der Waals surface area (Å²) in [4.78, 5) is 37.0. The molecule has 1 heterocycles. The average molecular weight is 426 g/mol. The van der Waals surface area contributed by atoms with Crippen LogP contribution >= 0.6 is 0 Å². The van der Waals surface area contributed by atoms with Gasteiger partial charge in [-0.15, -0.1) is 0 Å². The maximum atomic E-state index is 13.0. The highest BCUT2D eigenvalue weighted by Gasteiger charge is 2.27. The molecule has 3 rings (SSSR count). The Bertz CT molecular complexity index is 1040. The Balaban J connectivity index is 1.62. The van der Waals surface area contributed by atoms with E-state index in [0.717, 1.165) is 11.1 Å². The summed E-state index contributed by atoms with van der Waals surface area (Å²) in [5.74, 6) is -1.54. The van der Waals surface area contributed by atoms with Crippen LogP contribution in [0.25, 0.3) is 0 Å². The molecule has 2 N–H and O–H groups in total. The summed E-state index contributed by atoms with van der Waals surface area (Å²) in [7, 11) is 0. The number of ether oxygens (including phenoxy) is 1. The van der Waals surface area contributed by atoms with E-state index in [-0.39, 0.29) is 24.5 Å². The smallest absolute Gasteiger partial charge is 0.285 e. The number of hydrazone groups is 1. The molecular weight excluding hydrogens is 403 g/mol. The van der Waals surface area contributed by atoms with Gasteiger partial charge in [-0.05, 0) is 62.2 Å². The normalized spacial score (nSPS) is 14.5. The summed E-state index contributed by atoms with van der Waals surface area (Å²) in [5, 5.41) is 5.43. The van der Waals surface area contributed by atoms with Crippen LogP contribution in [0.5, 0.6) is 5.75 Å². The fraction of sp³-hybridized carbons (Fsp3) is 0.273. The van der Waals surface area contributed by atoms with Crippen molar-refractivity contribution in [3.8, 4) is 5.75 Å². The molecule has 0 spiro atoms. The summed E-state index contributed by atoms with van der Waals surface area (Å²) in [5.41, 5.74) is 7.11. The molecule has 1 atom stereocenters. The van der Waals surface area contributed by atoms with Crippen molar-refractivity contribution in [2.24, 2.45) is 5.10 Å². The van der Waals surface area contributed by atoms with Crippen LogP contribution in [0, 0.1) is 19.7 Å². The average Bonchev–Trinajstić information content (AvgIpc) is 2.75. The van der Waals surface area contributed by atoms with Gasteiger partial charge >= 0.3 is 0 Å². The van der Waals surface area contributed by atoms with E-state index >= 15 is 0 Å². The number of benzene rings is 2. The van der Waals surface area contributed by atoms with Crippen LogP contribution in [0.3, 0.4) is 0 Å². The highest BCUT2D eigenvalue weighted by atomic mass is 19.1. The lowest BCUT2D eigenvalue weighted by Gasteiger charge is -2.25. The topological polar surface area (TPSA) is 100 Å². The zero-order chi connectivity index (χ0) is 22.5. The Hall–Kier alpha value is -3.75. The van der Waals surface area contributed by atoms with E-state index in [9.17, 15) is 18.8 Å². The third kappa shape index (κ3) is 5.44. The molecule has 1 aliphatic heterocycles. The van der Waals surface area contributed by atoms with E-state index in [2.05, 4.69) is 16.0 Å². The van der Waals surface area contributed by atoms with Gasteiger partial charge in [-0.3, -0.25) is 25.2 Å². The minimum atomic E-state index is -0.938. The summed E-state index contributed by atoms with van der Waals surface area (Å²) in [6.45, 7) is 5.25. The fourth-order valence-corrected chi connectivity index (χ4v) is 2.92. The number of halogens is 1. The number of carbonyl (C=O) groups is 3. The van der Waals surface area contributed by atoms with Crippen molar-refractivity contribution in [3.63, 3.8) is 0 Å². The van der Waals surface area contributed by atoms with Crippen molar-refractivity contribution in [2.45, 2.75) is 39.7 Å². The lowest BCUT2D eigenvalue weighted by Crippen LogP contribution is -2.50. The summed E-state index contributed by atoms with van der Waals surface area (Å²) < 4.78 is 18.4. The molecule has 31 heavy (non-hydrogen) atoms. The van der Waals surface area contributed by atoms with Crippen LogP contribution < -0.4 is 20.6 Å². The molecule has 2 aromatic rings. The summed E-state index contributed by atoms with van der Waals surface area (Å²) in [6.07, 6.45) is -0.659. The van der Waals surface area contributed by atoms with Gasteiger partial charge in [0.05, 0.1) is 5.69 Å². The number of nitrogens with zero attached hydrogens (tertiary/aromatic N) is 2. The molecule has 0 aromatic heterocycles. The van der Waals surface area contributed by atoms with E-state index in [4.69, 9.17) is 4.74 Å². The molecule has 0 aliphatic carbocycles. The first-order valence-electron chi connectivity index (χ1n) is 9.74. The van der Waals surface area contributed by atoms with Gasteiger partial charge in [0.2, 0.25) is 5.91 Å². The van der Waals surface area contributed by atoms with Gasteiger partial charge < -0.3 is 4.74 Å². The van der Waals surface area contributed by atoms with Crippen molar-refractivity contribution in [1.29, 1.82) is 0 Å². The SMILES string of the molecule is Cc1ccc(C)c(N2N=C(C(=O)NNC(=O)C(C)Oc3ccc(F)cc3)CCC2=O)c1. The molecule has 0 radical (unpaired) electrons. The third-order valence-electron chi connectivity index (χ3n) is 4.68. The zero-order valence-corrected chi connectivity index (χ0v) is 17.4. The second-order valence-electron chi connectivity index (χ2n) is 7.20. The molecule has 1 aliphatic rings. The number of nitrogens with one attached hydrogen (secondary N) is 2. The molecule has 162 valence electrons. The third-order valence-corrected chi connectivity index (χ3v) is 4.68. The van der Waals surface area contributed by atoms with E-state index in [0.29, 0.717) is 11.4 Å². The standard InChI is InChI=1S/C22H23FN4O4/c1-13-4-5-14(2)19(12-13)27-20(28)11-10-18(26-27)22(30)25-24-21(29)15(3)31-17-8-6-16(23)7-9-17/h4-9,12,15H,10-11H2,1-3H3,(H,24,29)(H,25,30). The van der Waals surface area contributed by atoms with E-state index in [1.807, 2.05) is 32.0 Å². The fourth-order valence-electron chi connectivity index (χ4n) is 2.92. The zero-order valence-electron chi connectivity index (χ0n) is 17.4. The van der Waals surface area contributed by atoms with Crippen molar-refractivity contribution in [3.05, 3.63) is 59.4 Å². The molecule has 0 fully saturated rings. The number of hydrazine groups is 1. The van der Waals surface area contributed by atoms with E-state index in [1.54, 1.807) is 0 Å². The minimum absolute atomic E-state index is 0.118. The molecule has 0 bridgehead atoms. The van der Waals surface area contributed by atoms with Crippen molar-refractivity contribution in [1.82, 2.24) is 10.9 Å². The van der Waals surface area contributed by atoms with E-state index in [1.165, 1.54) is 36.2 Å². The lowest BCUT2D eigenvalue weighted by molar-refractivity contribution is -0.131. The van der Waals surface area contributed by atoms with Gasteiger partial charge in [0.1, 0.15) is 17.3 Å². The van der Waals surface area contributed by atoms with Crippen LogP contribution in [0.1, 0.15) is 30.9 Å². The number of anilines is 1. The van der Waals surface area contributed by atoms with Crippen LogP contribution in [-0.2, 0) is 14.4 Å². The predicted octanol–water partition coefficient (Wildman–Crippen LogP) is 2.54. The Labute approximate surface area is 179 Å². The molecule has 2 aromatic carbocycles. The minimum Gasteiger partial charge on any atom is -0.481 e. The maximum absolute atomic E-state index is 13.0. The summed E-state index contributed by atoms with van der Waals surface area (Å²) >= 11 is 0. The molecule has 0 saturated heterocycles. The monoisotopic (exact) mass is 426 g/mol. The molecule has 3 amide bonds. The molecular formula is C22H23FN4O4. The molecule has 9 heteroatoms. The molecule has 0 saturated carbocycles. The first kappa shape index (κ1) is 21.9. The highest BCUT2D eigenvalue weighted by molar-refractivity contribution is 6.40. The second kappa shape index (κ2) is 9.38. The Morgan fingerprint density at radius 2 is 1.81 bits per heavy atom. The van der Waals surface area contributed by atoms with Gasteiger partial charge in [-0.1, -0.05) is 12.1 Å². The maximum Gasteiger partial charge on any atom is 0.285 e. The number of rotatable bonds is 5. The van der Waals surface area contributed by atoms with Crippen molar-refractivity contribution in [2.75, 3.05) is 5.01 Å². The Morgan fingerprint density at radius 1 is 1.10 bits per heavy atom. The quantitative estimate of drug-likeness (QED) is 0.718. The largest absolute Gasteiger partial charge is 0.481 e. The van der Waals surface area contributed by atoms with Gasteiger partial charge in [0.15, 0.2) is 6.10 Å². The van der Waals surface area contributed by atoms with Gasteiger partial charge in [-0.2, -0.15) is 5.10 Å². The number of amides is 3. The van der Waals surface area contributed by atoms with Crippen molar-refractivity contribution >= 4 is 29.1 Å². The Morgan fingerprint density at radius 3 is 2.52 bits per heavy atom. The Kier molecular flexibility index (Phi) is 6.64. The van der Waals surface area contributed by atoms with Crippen LogP contribution in [0.4, 0.5) is 10.1 Å². The molecule has 8 nitrogen and oxygen atoms in total. The first-order chi connectivity index (χ1) is 14.7. The summed E-state index contributed by atoms with van der Waals surface area (Å²) in [6, 6.07) is 10.9.